The molecule has 0 amide bonds. The van der Waals surface area contributed by atoms with Crippen molar-refractivity contribution in [2.75, 3.05) is 32.4 Å². The topological polar surface area (TPSA) is 65.7 Å². The number of nitrogens with two attached hydrogens (primary N) is 1. The number of benzene rings is 2. The fraction of sp³-hybridized carbons (Fsp3) is 0.200. The largest absolute Gasteiger partial charge is 0.493 e. The molecule has 2 aromatic carbocycles. The minimum absolute atomic E-state index is 0.557. The summed E-state index contributed by atoms with van der Waals surface area (Å²) >= 11 is 3.47. The van der Waals surface area contributed by atoms with Crippen LogP contribution in [0.1, 0.15) is 0 Å². The van der Waals surface area contributed by atoms with Crippen molar-refractivity contribution >= 4 is 33.0 Å². The van der Waals surface area contributed by atoms with Crippen LogP contribution in [0.4, 0.5) is 17.1 Å². The van der Waals surface area contributed by atoms with Gasteiger partial charge in [-0.05, 0) is 34.1 Å². The Balaban J connectivity index is 2.40. The van der Waals surface area contributed by atoms with E-state index in [1.165, 1.54) is 0 Å². The van der Waals surface area contributed by atoms with Gasteiger partial charge in [0.05, 0.1) is 27.0 Å². The Morgan fingerprint density at radius 1 is 0.952 bits per heavy atom. The smallest absolute Gasteiger partial charge is 0.203 e. The van der Waals surface area contributed by atoms with Crippen LogP contribution in [0.25, 0.3) is 0 Å². The molecule has 3 N–H and O–H groups in total. The lowest BCUT2D eigenvalue weighted by Crippen LogP contribution is -1.98. The molecule has 0 aromatic heterocycles. The molecular formula is C15H17BrN2O3. The molecule has 0 radical (unpaired) electrons. The standard InChI is InChI=1S/C15H17BrN2O3/c1-19-13-7-10(8-14(20-2)15(13)21-3)18-12-5-4-9(17)6-11(12)16/h4-8,18H,17H2,1-3H3. The molecule has 0 atom stereocenters. The quantitative estimate of drug-likeness (QED) is 0.801. The second-order valence-electron chi connectivity index (χ2n) is 4.28. The van der Waals surface area contributed by atoms with Gasteiger partial charge in [-0.3, -0.25) is 0 Å². The number of nitrogens with one attached hydrogen (secondary N) is 1. The fourth-order valence-corrected chi connectivity index (χ4v) is 2.44. The minimum atomic E-state index is 0.557. The van der Waals surface area contributed by atoms with Gasteiger partial charge < -0.3 is 25.3 Å². The van der Waals surface area contributed by atoms with Gasteiger partial charge in [-0.1, -0.05) is 0 Å². The molecule has 0 aliphatic carbocycles. The van der Waals surface area contributed by atoms with Gasteiger partial charge in [0.15, 0.2) is 11.5 Å². The summed E-state index contributed by atoms with van der Waals surface area (Å²) in [5, 5.41) is 3.28. The van der Waals surface area contributed by atoms with Crippen molar-refractivity contribution in [3.63, 3.8) is 0 Å². The highest BCUT2D eigenvalue weighted by molar-refractivity contribution is 9.10. The van der Waals surface area contributed by atoms with Crippen LogP contribution in [-0.4, -0.2) is 21.3 Å². The predicted octanol–water partition coefficient (Wildman–Crippen LogP) is 3.80. The summed E-state index contributed by atoms with van der Waals surface area (Å²) in [6, 6.07) is 9.22. The highest BCUT2D eigenvalue weighted by Crippen LogP contribution is 2.41. The van der Waals surface area contributed by atoms with Crippen LogP contribution >= 0.6 is 15.9 Å². The summed E-state index contributed by atoms with van der Waals surface area (Å²) in [6.07, 6.45) is 0. The summed E-state index contributed by atoms with van der Waals surface area (Å²) in [7, 11) is 4.74. The average Bonchev–Trinajstić information content (AvgIpc) is 2.49. The number of nitrogen functional groups attached to an aromatic ring is 1. The van der Waals surface area contributed by atoms with E-state index in [1.54, 1.807) is 21.3 Å². The maximum Gasteiger partial charge on any atom is 0.203 e. The maximum absolute atomic E-state index is 5.74. The fourth-order valence-electron chi connectivity index (χ4n) is 1.94. The number of anilines is 3. The maximum atomic E-state index is 5.74. The third kappa shape index (κ3) is 3.33. The van der Waals surface area contributed by atoms with Gasteiger partial charge in [0.1, 0.15) is 0 Å². The van der Waals surface area contributed by atoms with E-state index in [-0.39, 0.29) is 0 Å². The summed E-state index contributed by atoms with van der Waals surface area (Å²) in [5.41, 5.74) is 8.13. The third-order valence-electron chi connectivity index (χ3n) is 2.94. The van der Waals surface area contributed by atoms with Crippen molar-refractivity contribution in [3.8, 4) is 17.2 Å². The lowest BCUT2D eigenvalue weighted by Gasteiger charge is -2.15. The van der Waals surface area contributed by atoms with Crippen molar-refractivity contribution in [2.24, 2.45) is 0 Å². The van der Waals surface area contributed by atoms with Crippen molar-refractivity contribution in [1.29, 1.82) is 0 Å². The van der Waals surface area contributed by atoms with Gasteiger partial charge in [-0.15, -0.1) is 0 Å². The molecule has 0 saturated carbocycles. The normalized spacial score (nSPS) is 10.1. The SMILES string of the molecule is COc1cc(Nc2ccc(N)cc2Br)cc(OC)c1OC. The second-order valence-corrected chi connectivity index (χ2v) is 5.13. The average molecular weight is 353 g/mol. The zero-order chi connectivity index (χ0) is 15.4. The molecule has 0 aliphatic rings. The van der Waals surface area contributed by atoms with Crippen molar-refractivity contribution in [2.45, 2.75) is 0 Å². The molecule has 112 valence electrons. The molecule has 0 saturated heterocycles. The molecule has 0 heterocycles. The Morgan fingerprint density at radius 3 is 2.05 bits per heavy atom. The van der Waals surface area contributed by atoms with E-state index in [9.17, 15) is 0 Å². The molecule has 6 heteroatoms. The highest BCUT2D eigenvalue weighted by atomic mass is 79.9. The van der Waals surface area contributed by atoms with E-state index in [0.717, 1.165) is 15.8 Å². The summed E-state index contributed by atoms with van der Waals surface area (Å²) in [4.78, 5) is 0. The first-order valence-electron chi connectivity index (χ1n) is 6.21. The summed E-state index contributed by atoms with van der Waals surface area (Å²) < 4.78 is 16.8. The third-order valence-corrected chi connectivity index (χ3v) is 3.59. The molecule has 0 fully saturated rings. The predicted molar refractivity (Wildman–Crippen MR) is 87.9 cm³/mol. The van der Waals surface area contributed by atoms with Crippen molar-refractivity contribution in [1.82, 2.24) is 0 Å². The number of methoxy groups -OCH3 is 3. The molecule has 2 rings (SSSR count). The van der Waals surface area contributed by atoms with E-state index in [1.807, 2.05) is 30.3 Å². The Kier molecular flexibility index (Phi) is 4.80. The Morgan fingerprint density at radius 2 is 1.57 bits per heavy atom. The minimum Gasteiger partial charge on any atom is -0.493 e. The van der Waals surface area contributed by atoms with Gasteiger partial charge in [0, 0.05) is 28.0 Å². The molecule has 0 unspecified atom stereocenters. The van der Waals surface area contributed by atoms with Crippen molar-refractivity contribution < 1.29 is 14.2 Å². The van der Waals surface area contributed by atoms with Crippen molar-refractivity contribution in [3.05, 3.63) is 34.8 Å². The van der Waals surface area contributed by atoms with Gasteiger partial charge >= 0.3 is 0 Å². The number of rotatable bonds is 5. The van der Waals surface area contributed by atoms with Crippen LogP contribution in [0, 0.1) is 0 Å². The van der Waals surface area contributed by atoms with Gasteiger partial charge in [-0.25, -0.2) is 0 Å². The molecule has 0 aliphatic heterocycles. The molecular weight excluding hydrogens is 336 g/mol. The van der Waals surface area contributed by atoms with Crippen LogP contribution < -0.4 is 25.3 Å². The number of hydrogen-bond donors (Lipinski definition) is 2. The number of halogens is 1. The van der Waals surface area contributed by atoms with E-state index in [0.29, 0.717) is 22.9 Å². The first-order valence-corrected chi connectivity index (χ1v) is 7.00. The van der Waals surface area contributed by atoms with Crippen LogP contribution in [0.2, 0.25) is 0 Å². The zero-order valence-electron chi connectivity index (χ0n) is 12.1. The first-order chi connectivity index (χ1) is 10.1. The van der Waals surface area contributed by atoms with Crippen LogP contribution in [0.3, 0.4) is 0 Å². The van der Waals surface area contributed by atoms with E-state index in [2.05, 4.69) is 21.2 Å². The van der Waals surface area contributed by atoms with Gasteiger partial charge in [0.25, 0.3) is 0 Å². The second kappa shape index (κ2) is 6.58. The zero-order valence-corrected chi connectivity index (χ0v) is 13.7. The molecule has 0 spiro atoms. The molecule has 2 aromatic rings. The van der Waals surface area contributed by atoms with Gasteiger partial charge in [0.2, 0.25) is 5.75 Å². The summed E-state index contributed by atoms with van der Waals surface area (Å²) in [6.45, 7) is 0. The Bertz CT molecular complexity index is 622. The summed E-state index contributed by atoms with van der Waals surface area (Å²) in [5.74, 6) is 1.73. The Hall–Kier alpha value is -2.08. The van der Waals surface area contributed by atoms with Crippen LogP contribution in [0.15, 0.2) is 34.8 Å². The molecule has 0 bridgehead atoms. The van der Waals surface area contributed by atoms with Crippen LogP contribution in [-0.2, 0) is 0 Å². The van der Waals surface area contributed by atoms with E-state index < -0.39 is 0 Å². The van der Waals surface area contributed by atoms with Gasteiger partial charge in [-0.2, -0.15) is 0 Å². The number of ether oxygens (including phenoxy) is 3. The van der Waals surface area contributed by atoms with E-state index in [4.69, 9.17) is 19.9 Å². The Labute approximate surface area is 132 Å². The number of hydrogen-bond acceptors (Lipinski definition) is 5. The monoisotopic (exact) mass is 352 g/mol. The highest BCUT2D eigenvalue weighted by Gasteiger charge is 2.13. The van der Waals surface area contributed by atoms with Crippen LogP contribution in [0.5, 0.6) is 17.2 Å². The lowest BCUT2D eigenvalue weighted by molar-refractivity contribution is 0.324. The van der Waals surface area contributed by atoms with E-state index >= 15 is 0 Å². The first kappa shape index (κ1) is 15.3. The lowest BCUT2D eigenvalue weighted by atomic mass is 10.2. The molecule has 5 nitrogen and oxygen atoms in total. The molecule has 21 heavy (non-hydrogen) atoms.